The van der Waals surface area contributed by atoms with Gasteiger partial charge in [0.1, 0.15) is 0 Å². The van der Waals surface area contributed by atoms with E-state index >= 15 is 0 Å². The first-order valence-corrected chi connectivity index (χ1v) is 8.72. The number of rotatable bonds is 5. The van der Waals surface area contributed by atoms with Gasteiger partial charge in [-0.3, -0.25) is 14.6 Å². The van der Waals surface area contributed by atoms with Gasteiger partial charge in [-0.1, -0.05) is 6.92 Å². The van der Waals surface area contributed by atoms with E-state index in [9.17, 15) is 4.79 Å². The van der Waals surface area contributed by atoms with Crippen LogP contribution in [0.3, 0.4) is 0 Å². The summed E-state index contributed by atoms with van der Waals surface area (Å²) in [4.78, 5) is 17.2. The van der Waals surface area contributed by atoms with Crippen molar-refractivity contribution in [2.24, 2.45) is 5.73 Å². The lowest BCUT2D eigenvalue weighted by atomic mass is 10.1. The van der Waals surface area contributed by atoms with Gasteiger partial charge in [-0.05, 0) is 51.6 Å². The maximum Gasteiger partial charge on any atom is 0.237 e. The van der Waals surface area contributed by atoms with E-state index in [2.05, 4.69) is 22.0 Å². The molecule has 0 spiro atoms. The third kappa shape index (κ3) is 4.66. The lowest BCUT2D eigenvalue weighted by molar-refractivity contribution is -0.126. The summed E-state index contributed by atoms with van der Waals surface area (Å²) in [5.41, 5.74) is 5.74. The molecule has 1 amide bonds. The van der Waals surface area contributed by atoms with Crippen molar-refractivity contribution in [2.45, 2.75) is 57.5 Å². The van der Waals surface area contributed by atoms with Crippen LogP contribution >= 0.6 is 0 Å². The summed E-state index contributed by atoms with van der Waals surface area (Å²) < 4.78 is 0. The minimum absolute atomic E-state index is 0.0991. The fourth-order valence-electron chi connectivity index (χ4n) is 3.74. The van der Waals surface area contributed by atoms with Crippen LogP contribution in [0.5, 0.6) is 0 Å². The zero-order valence-corrected chi connectivity index (χ0v) is 13.5. The molecule has 5 heteroatoms. The van der Waals surface area contributed by atoms with Crippen molar-refractivity contribution in [2.75, 3.05) is 39.3 Å². The van der Waals surface area contributed by atoms with Gasteiger partial charge >= 0.3 is 0 Å². The molecule has 0 aromatic carbocycles. The van der Waals surface area contributed by atoms with Crippen LogP contribution in [-0.4, -0.2) is 67.1 Å². The van der Waals surface area contributed by atoms with Crippen LogP contribution in [0.1, 0.15) is 45.4 Å². The molecule has 5 nitrogen and oxygen atoms in total. The zero-order chi connectivity index (χ0) is 15.1. The average Bonchev–Trinajstić information content (AvgIpc) is 2.85. The number of nitrogens with one attached hydrogen (secondary N) is 1. The Morgan fingerprint density at radius 1 is 1.24 bits per heavy atom. The molecule has 2 rings (SSSR count). The fraction of sp³-hybridized carbons (Fsp3) is 0.938. The first-order valence-electron chi connectivity index (χ1n) is 8.72. The highest BCUT2D eigenvalue weighted by atomic mass is 16.2. The van der Waals surface area contributed by atoms with Crippen molar-refractivity contribution in [1.82, 2.24) is 15.1 Å². The second kappa shape index (κ2) is 8.71. The summed E-state index contributed by atoms with van der Waals surface area (Å²) in [6.45, 7) is 8.15. The molecule has 2 unspecified atom stereocenters. The number of amides is 1. The SMILES string of the molecule is CCC(CCN)N1CCCN(C2CCCCNC2=O)CC1. The summed E-state index contributed by atoms with van der Waals surface area (Å²) in [7, 11) is 0. The average molecular weight is 296 g/mol. The maximum atomic E-state index is 12.2. The molecular formula is C16H32N4O. The van der Waals surface area contributed by atoms with Gasteiger partial charge in [-0.15, -0.1) is 0 Å². The molecule has 0 saturated carbocycles. The highest BCUT2D eigenvalue weighted by Crippen LogP contribution is 2.17. The molecule has 0 aliphatic carbocycles. The van der Waals surface area contributed by atoms with Crippen LogP contribution in [0.4, 0.5) is 0 Å². The van der Waals surface area contributed by atoms with Crippen molar-refractivity contribution in [3.05, 3.63) is 0 Å². The van der Waals surface area contributed by atoms with Crippen molar-refractivity contribution in [3.8, 4) is 0 Å². The summed E-state index contributed by atoms with van der Waals surface area (Å²) in [5, 5.41) is 3.07. The predicted octanol–water partition coefficient (Wildman–Crippen LogP) is 0.790. The molecule has 0 aromatic heterocycles. The van der Waals surface area contributed by atoms with Crippen LogP contribution in [0.25, 0.3) is 0 Å². The summed E-state index contributed by atoms with van der Waals surface area (Å²) >= 11 is 0. The predicted molar refractivity (Wildman–Crippen MR) is 86.2 cm³/mol. The Labute approximate surface area is 129 Å². The van der Waals surface area contributed by atoms with Gasteiger partial charge in [0.2, 0.25) is 5.91 Å². The van der Waals surface area contributed by atoms with E-state index in [1.54, 1.807) is 0 Å². The van der Waals surface area contributed by atoms with E-state index < -0.39 is 0 Å². The first-order chi connectivity index (χ1) is 10.3. The Bertz CT molecular complexity index is 323. The first kappa shape index (κ1) is 16.7. The van der Waals surface area contributed by atoms with E-state index in [-0.39, 0.29) is 11.9 Å². The maximum absolute atomic E-state index is 12.2. The van der Waals surface area contributed by atoms with Gasteiger partial charge in [0.25, 0.3) is 0 Å². The van der Waals surface area contributed by atoms with Crippen LogP contribution in [0.15, 0.2) is 0 Å². The monoisotopic (exact) mass is 296 g/mol. The van der Waals surface area contributed by atoms with Crippen LogP contribution in [0.2, 0.25) is 0 Å². The van der Waals surface area contributed by atoms with Crippen molar-refractivity contribution >= 4 is 5.91 Å². The van der Waals surface area contributed by atoms with Gasteiger partial charge in [0, 0.05) is 32.2 Å². The highest BCUT2D eigenvalue weighted by molar-refractivity contribution is 5.81. The molecule has 2 aliphatic heterocycles. The van der Waals surface area contributed by atoms with Gasteiger partial charge < -0.3 is 11.1 Å². The van der Waals surface area contributed by atoms with Gasteiger partial charge in [-0.25, -0.2) is 0 Å². The smallest absolute Gasteiger partial charge is 0.237 e. The van der Waals surface area contributed by atoms with Crippen molar-refractivity contribution in [1.29, 1.82) is 0 Å². The summed E-state index contributed by atoms with van der Waals surface area (Å²) in [6.07, 6.45) is 6.71. The molecule has 0 radical (unpaired) electrons. The molecule has 122 valence electrons. The lowest BCUT2D eigenvalue weighted by Crippen LogP contribution is -2.47. The third-order valence-electron chi connectivity index (χ3n) is 5.00. The molecule has 21 heavy (non-hydrogen) atoms. The summed E-state index contributed by atoms with van der Waals surface area (Å²) in [5.74, 6) is 0.245. The van der Waals surface area contributed by atoms with E-state index in [0.717, 1.165) is 71.4 Å². The Morgan fingerprint density at radius 2 is 2.10 bits per heavy atom. The van der Waals surface area contributed by atoms with Crippen molar-refractivity contribution in [3.63, 3.8) is 0 Å². The van der Waals surface area contributed by atoms with E-state index in [0.29, 0.717) is 6.04 Å². The van der Waals surface area contributed by atoms with Crippen molar-refractivity contribution < 1.29 is 4.79 Å². The second-order valence-corrected chi connectivity index (χ2v) is 6.37. The lowest BCUT2D eigenvalue weighted by Gasteiger charge is -2.31. The zero-order valence-electron chi connectivity index (χ0n) is 13.5. The Balaban J connectivity index is 1.91. The largest absolute Gasteiger partial charge is 0.355 e. The van der Waals surface area contributed by atoms with E-state index in [4.69, 9.17) is 5.73 Å². The Hall–Kier alpha value is -0.650. The van der Waals surface area contributed by atoms with E-state index in [1.165, 1.54) is 6.42 Å². The number of nitrogens with zero attached hydrogens (tertiary/aromatic N) is 2. The topological polar surface area (TPSA) is 61.6 Å². The minimum atomic E-state index is 0.0991. The normalized spacial score (nSPS) is 27.7. The molecular weight excluding hydrogens is 264 g/mol. The van der Waals surface area contributed by atoms with E-state index in [1.807, 2.05) is 0 Å². The van der Waals surface area contributed by atoms with Gasteiger partial charge in [0.15, 0.2) is 0 Å². The van der Waals surface area contributed by atoms with Crippen LogP contribution in [-0.2, 0) is 4.79 Å². The molecule has 2 saturated heterocycles. The molecule has 0 bridgehead atoms. The third-order valence-corrected chi connectivity index (χ3v) is 5.00. The van der Waals surface area contributed by atoms with Crippen LogP contribution < -0.4 is 11.1 Å². The Morgan fingerprint density at radius 3 is 2.86 bits per heavy atom. The van der Waals surface area contributed by atoms with Crippen LogP contribution in [0, 0.1) is 0 Å². The van der Waals surface area contributed by atoms with Gasteiger partial charge in [-0.2, -0.15) is 0 Å². The molecule has 2 heterocycles. The number of nitrogens with two attached hydrogens (primary N) is 1. The Kier molecular flexibility index (Phi) is 6.93. The highest BCUT2D eigenvalue weighted by Gasteiger charge is 2.29. The number of carbonyl (C=O) groups excluding carboxylic acids is 1. The number of hydrogen-bond acceptors (Lipinski definition) is 4. The number of hydrogen-bond donors (Lipinski definition) is 2. The molecule has 2 fully saturated rings. The quantitative estimate of drug-likeness (QED) is 0.787. The fourth-order valence-corrected chi connectivity index (χ4v) is 3.74. The molecule has 3 N–H and O–H groups in total. The second-order valence-electron chi connectivity index (χ2n) is 6.37. The molecule has 0 aromatic rings. The van der Waals surface area contributed by atoms with Gasteiger partial charge in [0.05, 0.1) is 6.04 Å². The molecule has 2 atom stereocenters. The number of carbonyl (C=O) groups is 1. The minimum Gasteiger partial charge on any atom is -0.355 e. The standard InChI is InChI=1S/C16H32N4O/c1-2-14(7-8-17)19-10-5-11-20(13-12-19)15-6-3-4-9-18-16(15)21/h14-15H,2-13,17H2,1H3,(H,18,21). The summed E-state index contributed by atoms with van der Waals surface area (Å²) in [6, 6.07) is 0.708. The molecule has 2 aliphatic rings.